The van der Waals surface area contributed by atoms with Gasteiger partial charge in [0.25, 0.3) is 0 Å². The van der Waals surface area contributed by atoms with Crippen LogP contribution in [0.1, 0.15) is 24.8 Å². The highest BCUT2D eigenvalue weighted by Gasteiger charge is 2.19. The quantitative estimate of drug-likeness (QED) is 0.860. The largest absolute Gasteiger partial charge is 0.370 e. The number of hydrogen-bond acceptors (Lipinski definition) is 5. The van der Waals surface area contributed by atoms with Gasteiger partial charge in [-0.3, -0.25) is 0 Å². The van der Waals surface area contributed by atoms with Crippen molar-refractivity contribution in [3.63, 3.8) is 0 Å². The Kier molecular flexibility index (Phi) is 4.74. The highest BCUT2D eigenvalue weighted by atomic mass is 32.2. The second-order valence-electron chi connectivity index (χ2n) is 4.27. The molecule has 0 fully saturated rings. The summed E-state index contributed by atoms with van der Waals surface area (Å²) in [4.78, 5) is 5.22. The Morgan fingerprint density at radius 2 is 2.15 bits per heavy atom. The second kappa shape index (κ2) is 6.34. The monoisotopic (exact) mass is 311 g/mol. The van der Waals surface area contributed by atoms with E-state index < -0.39 is 10.0 Å². The molecule has 7 heteroatoms. The van der Waals surface area contributed by atoms with Gasteiger partial charge < -0.3 is 5.32 Å². The molecule has 0 aliphatic heterocycles. The average Bonchev–Trinajstić information content (AvgIpc) is 2.93. The van der Waals surface area contributed by atoms with E-state index in [1.54, 1.807) is 12.1 Å². The zero-order valence-corrected chi connectivity index (χ0v) is 13.0. The molecular weight excluding hydrogens is 294 g/mol. The highest BCUT2D eigenvalue weighted by molar-refractivity contribution is 7.89. The van der Waals surface area contributed by atoms with Gasteiger partial charge in [-0.25, -0.2) is 18.1 Å². The zero-order valence-electron chi connectivity index (χ0n) is 11.3. The number of rotatable bonds is 6. The number of thiophene rings is 1. The molecular formula is C13H17N3O2S2. The lowest BCUT2D eigenvalue weighted by Crippen LogP contribution is -2.26. The molecule has 0 aliphatic carbocycles. The molecule has 0 aromatic carbocycles. The number of nitrogens with zero attached hydrogens (tertiary/aromatic N) is 1. The summed E-state index contributed by atoms with van der Waals surface area (Å²) in [6.45, 7) is 4.52. The summed E-state index contributed by atoms with van der Waals surface area (Å²) in [5, 5.41) is 4.95. The van der Waals surface area contributed by atoms with Crippen LogP contribution in [0.15, 0.2) is 40.7 Å². The van der Waals surface area contributed by atoms with Crippen LogP contribution in [0.2, 0.25) is 0 Å². The average molecular weight is 311 g/mol. The van der Waals surface area contributed by atoms with Gasteiger partial charge in [0.05, 0.1) is 6.04 Å². The van der Waals surface area contributed by atoms with Crippen molar-refractivity contribution in [3.8, 4) is 0 Å². The Hall–Kier alpha value is -1.44. The fraction of sp³-hybridized carbons (Fsp3) is 0.308. The lowest BCUT2D eigenvalue weighted by molar-refractivity contribution is 0.568. The molecule has 1 atom stereocenters. The summed E-state index contributed by atoms with van der Waals surface area (Å²) < 4.78 is 27.1. The fourth-order valence-electron chi connectivity index (χ4n) is 1.72. The molecule has 0 radical (unpaired) electrons. The molecule has 5 nitrogen and oxygen atoms in total. The van der Waals surface area contributed by atoms with Crippen molar-refractivity contribution >= 4 is 27.2 Å². The number of aromatic nitrogens is 1. The molecule has 0 amide bonds. The van der Waals surface area contributed by atoms with Gasteiger partial charge in [-0.05, 0) is 37.4 Å². The van der Waals surface area contributed by atoms with Gasteiger partial charge in [0.15, 0.2) is 0 Å². The van der Waals surface area contributed by atoms with E-state index in [4.69, 9.17) is 0 Å². The first kappa shape index (κ1) is 15.0. The van der Waals surface area contributed by atoms with Crippen LogP contribution in [0.4, 0.5) is 5.82 Å². The van der Waals surface area contributed by atoms with E-state index in [0.717, 1.165) is 11.4 Å². The maximum absolute atomic E-state index is 12.2. The molecule has 0 aliphatic rings. The topological polar surface area (TPSA) is 71.1 Å². The van der Waals surface area contributed by atoms with E-state index in [2.05, 4.69) is 15.0 Å². The first-order valence-electron chi connectivity index (χ1n) is 6.28. The van der Waals surface area contributed by atoms with Crippen LogP contribution in [-0.2, 0) is 10.0 Å². The normalized spacial score (nSPS) is 13.1. The van der Waals surface area contributed by atoms with E-state index in [1.807, 2.05) is 31.4 Å². The minimum Gasteiger partial charge on any atom is -0.370 e. The zero-order chi connectivity index (χ0) is 14.6. The maximum Gasteiger partial charge on any atom is 0.242 e. The Labute approximate surface area is 123 Å². The molecule has 2 aromatic rings. The predicted molar refractivity (Wildman–Crippen MR) is 81.5 cm³/mol. The molecule has 20 heavy (non-hydrogen) atoms. The van der Waals surface area contributed by atoms with Crippen molar-refractivity contribution in [3.05, 3.63) is 40.7 Å². The Morgan fingerprint density at radius 1 is 1.35 bits per heavy atom. The van der Waals surface area contributed by atoms with Crippen molar-refractivity contribution in [1.29, 1.82) is 0 Å². The minimum atomic E-state index is -3.55. The number of pyridine rings is 1. The van der Waals surface area contributed by atoms with Crippen LogP contribution in [0.5, 0.6) is 0 Å². The van der Waals surface area contributed by atoms with Crippen molar-refractivity contribution in [2.24, 2.45) is 0 Å². The molecule has 1 unspecified atom stereocenters. The Balaban J connectivity index is 2.13. The van der Waals surface area contributed by atoms with E-state index in [0.29, 0.717) is 5.82 Å². The molecule has 2 N–H and O–H groups in total. The molecule has 2 aromatic heterocycles. The van der Waals surface area contributed by atoms with E-state index >= 15 is 0 Å². The van der Waals surface area contributed by atoms with Crippen LogP contribution in [-0.4, -0.2) is 19.9 Å². The third kappa shape index (κ3) is 3.56. The SMILES string of the molecule is CCNc1ccc(S(=O)(=O)NC(C)c2cccs2)cn1. The summed E-state index contributed by atoms with van der Waals surface area (Å²) in [5.74, 6) is 0.665. The predicted octanol–water partition coefficient (Wildman–Crippen LogP) is 2.61. The Bertz CT molecular complexity index is 637. The van der Waals surface area contributed by atoms with Gasteiger partial charge in [0.2, 0.25) is 10.0 Å². The number of hydrogen-bond donors (Lipinski definition) is 2. The van der Waals surface area contributed by atoms with Gasteiger partial charge in [0.1, 0.15) is 10.7 Å². The fourth-order valence-corrected chi connectivity index (χ4v) is 3.70. The smallest absolute Gasteiger partial charge is 0.242 e. The molecule has 0 bridgehead atoms. The maximum atomic E-state index is 12.2. The van der Waals surface area contributed by atoms with Crippen molar-refractivity contribution in [2.45, 2.75) is 24.8 Å². The van der Waals surface area contributed by atoms with Crippen LogP contribution < -0.4 is 10.0 Å². The highest BCUT2D eigenvalue weighted by Crippen LogP contribution is 2.21. The van der Waals surface area contributed by atoms with Gasteiger partial charge in [0, 0.05) is 17.6 Å². The first-order chi connectivity index (χ1) is 9.53. The molecule has 2 heterocycles. The molecule has 0 saturated heterocycles. The van der Waals surface area contributed by atoms with Crippen LogP contribution in [0.25, 0.3) is 0 Å². The lowest BCUT2D eigenvalue weighted by Gasteiger charge is -2.13. The van der Waals surface area contributed by atoms with Gasteiger partial charge in [-0.2, -0.15) is 0 Å². The van der Waals surface area contributed by atoms with Crippen LogP contribution in [0.3, 0.4) is 0 Å². The van der Waals surface area contributed by atoms with Crippen molar-refractivity contribution in [2.75, 3.05) is 11.9 Å². The lowest BCUT2D eigenvalue weighted by atomic mass is 10.3. The number of sulfonamides is 1. The molecule has 108 valence electrons. The molecule has 0 spiro atoms. The minimum absolute atomic E-state index is 0.169. The van der Waals surface area contributed by atoms with Crippen LogP contribution >= 0.6 is 11.3 Å². The third-order valence-corrected chi connectivity index (χ3v) is 5.29. The van der Waals surface area contributed by atoms with E-state index in [-0.39, 0.29) is 10.9 Å². The second-order valence-corrected chi connectivity index (χ2v) is 6.96. The summed E-state index contributed by atoms with van der Waals surface area (Å²) in [6.07, 6.45) is 1.36. The van der Waals surface area contributed by atoms with Gasteiger partial charge in [-0.15, -0.1) is 11.3 Å². The van der Waals surface area contributed by atoms with Crippen molar-refractivity contribution in [1.82, 2.24) is 9.71 Å². The standard InChI is InChI=1S/C13H17N3O2S2/c1-3-14-13-7-6-11(9-15-13)20(17,18)16-10(2)12-5-4-8-19-12/h4-10,16H,3H2,1-2H3,(H,14,15). The van der Waals surface area contributed by atoms with E-state index in [9.17, 15) is 8.42 Å². The first-order valence-corrected chi connectivity index (χ1v) is 8.65. The number of anilines is 1. The third-order valence-electron chi connectivity index (χ3n) is 2.71. The summed E-state index contributed by atoms with van der Waals surface area (Å²) in [7, 11) is -3.55. The summed E-state index contributed by atoms with van der Waals surface area (Å²) in [5.41, 5.74) is 0. The molecule has 0 saturated carbocycles. The van der Waals surface area contributed by atoms with E-state index in [1.165, 1.54) is 17.5 Å². The number of nitrogens with one attached hydrogen (secondary N) is 2. The van der Waals surface area contributed by atoms with Gasteiger partial charge >= 0.3 is 0 Å². The Morgan fingerprint density at radius 3 is 2.70 bits per heavy atom. The molecule has 2 rings (SSSR count). The summed E-state index contributed by atoms with van der Waals surface area (Å²) >= 11 is 1.52. The van der Waals surface area contributed by atoms with Crippen molar-refractivity contribution < 1.29 is 8.42 Å². The van der Waals surface area contributed by atoms with Crippen LogP contribution in [0, 0.1) is 0 Å². The van der Waals surface area contributed by atoms with Gasteiger partial charge in [-0.1, -0.05) is 6.07 Å². The summed E-state index contributed by atoms with van der Waals surface area (Å²) in [6, 6.07) is 6.76.